The molecule has 1 aromatic rings. The van der Waals surface area contributed by atoms with Gasteiger partial charge in [0.05, 0.1) is 13.2 Å². The van der Waals surface area contributed by atoms with Gasteiger partial charge in [-0.1, -0.05) is 11.8 Å². The highest BCUT2D eigenvalue weighted by atomic mass is 32.2. The summed E-state index contributed by atoms with van der Waals surface area (Å²) in [5.41, 5.74) is 5.36. The van der Waals surface area contributed by atoms with E-state index in [0.29, 0.717) is 23.6 Å². The van der Waals surface area contributed by atoms with Crippen molar-refractivity contribution in [3.8, 4) is 0 Å². The topological polar surface area (TPSA) is 74.2 Å². The van der Waals surface area contributed by atoms with Gasteiger partial charge >= 0.3 is 0 Å². The summed E-state index contributed by atoms with van der Waals surface area (Å²) in [6.07, 6.45) is 1.13. The molecule has 1 aliphatic heterocycles. The van der Waals surface area contributed by atoms with Crippen molar-refractivity contribution in [2.75, 3.05) is 19.0 Å². The Morgan fingerprint density at radius 2 is 2.43 bits per heavy atom. The lowest BCUT2D eigenvalue weighted by atomic mass is 10.2. The Morgan fingerprint density at radius 3 is 3.07 bits per heavy atom. The van der Waals surface area contributed by atoms with Crippen LogP contribution >= 0.6 is 11.8 Å². The zero-order chi connectivity index (χ0) is 9.80. The fraction of sp³-hybridized carbons (Fsp3) is 0.750. The summed E-state index contributed by atoms with van der Waals surface area (Å²) < 4.78 is 10.5. The maximum absolute atomic E-state index is 5.36. The monoisotopic (exact) mass is 215 g/mol. The van der Waals surface area contributed by atoms with Gasteiger partial charge in [0.25, 0.3) is 5.22 Å². The van der Waals surface area contributed by atoms with Crippen molar-refractivity contribution < 1.29 is 9.15 Å². The number of aromatic nitrogens is 2. The third kappa shape index (κ3) is 2.46. The molecular weight excluding hydrogens is 202 g/mol. The van der Waals surface area contributed by atoms with Crippen LogP contribution < -0.4 is 5.73 Å². The molecule has 0 radical (unpaired) electrons. The molecule has 2 N–H and O–H groups in total. The first kappa shape index (κ1) is 9.95. The second-order valence-electron chi connectivity index (χ2n) is 3.21. The quantitative estimate of drug-likeness (QED) is 0.744. The van der Waals surface area contributed by atoms with Gasteiger partial charge in [0.1, 0.15) is 0 Å². The molecule has 6 heteroatoms. The maximum Gasteiger partial charge on any atom is 0.276 e. The molecule has 0 aromatic carbocycles. The van der Waals surface area contributed by atoms with Crippen LogP contribution in [-0.2, 0) is 11.3 Å². The lowest BCUT2D eigenvalue weighted by Gasteiger charge is -2.02. The van der Waals surface area contributed by atoms with E-state index in [0.717, 1.165) is 25.4 Å². The minimum absolute atomic E-state index is 0.306. The Labute approximate surface area is 86.4 Å². The molecule has 1 atom stereocenters. The van der Waals surface area contributed by atoms with Crippen LogP contribution in [0.4, 0.5) is 0 Å². The molecule has 0 aliphatic carbocycles. The number of hydrogen-bond acceptors (Lipinski definition) is 6. The SMILES string of the molecule is NCc1nnc(SCC2CCOC2)o1. The van der Waals surface area contributed by atoms with Crippen LogP contribution in [0.25, 0.3) is 0 Å². The third-order valence-electron chi connectivity index (χ3n) is 2.09. The van der Waals surface area contributed by atoms with E-state index in [2.05, 4.69) is 10.2 Å². The average molecular weight is 215 g/mol. The second-order valence-corrected chi connectivity index (χ2v) is 4.18. The maximum atomic E-state index is 5.36. The van der Waals surface area contributed by atoms with Crippen LogP contribution in [0.5, 0.6) is 0 Å². The summed E-state index contributed by atoms with van der Waals surface area (Å²) in [5.74, 6) is 2.09. The molecule has 0 spiro atoms. The van der Waals surface area contributed by atoms with Crippen molar-refractivity contribution in [1.82, 2.24) is 10.2 Å². The van der Waals surface area contributed by atoms with Gasteiger partial charge in [0, 0.05) is 12.4 Å². The van der Waals surface area contributed by atoms with Crippen molar-refractivity contribution in [1.29, 1.82) is 0 Å². The molecule has 2 rings (SSSR count). The summed E-state index contributed by atoms with van der Waals surface area (Å²) in [6.45, 7) is 2.04. The van der Waals surface area contributed by atoms with Crippen molar-refractivity contribution in [2.45, 2.75) is 18.2 Å². The highest BCUT2D eigenvalue weighted by Gasteiger charge is 2.17. The lowest BCUT2D eigenvalue weighted by molar-refractivity contribution is 0.189. The average Bonchev–Trinajstić information content (AvgIpc) is 2.86. The van der Waals surface area contributed by atoms with Crippen molar-refractivity contribution >= 4 is 11.8 Å². The molecule has 0 saturated carbocycles. The Balaban J connectivity index is 1.79. The first-order valence-electron chi connectivity index (χ1n) is 4.61. The number of rotatable bonds is 4. The molecule has 14 heavy (non-hydrogen) atoms. The number of nitrogens with two attached hydrogens (primary N) is 1. The number of hydrogen-bond donors (Lipinski definition) is 1. The van der Waals surface area contributed by atoms with Crippen molar-refractivity contribution in [3.05, 3.63) is 5.89 Å². The van der Waals surface area contributed by atoms with Crippen molar-refractivity contribution in [2.24, 2.45) is 11.7 Å². The summed E-state index contributed by atoms with van der Waals surface area (Å²) in [7, 11) is 0. The van der Waals surface area contributed by atoms with Gasteiger partial charge in [-0.25, -0.2) is 0 Å². The number of ether oxygens (including phenoxy) is 1. The molecule has 1 fully saturated rings. The highest BCUT2D eigenvalue weighted by Crippen LogP contribution is 2.23. The molecule has 1 aromatic heterocycles. The first-order chi connectivity index (χ1) is 6.88. The van der Waals surface area contributed by atoms with Crippen LogP contribution in [0.3, 0.4) is 0 Å². The van der Waals surface area contributed by atoms with Gasteiger partial charge in [-0.3, -0.25) is 0 Å². The van der Waals surface area contributed by atoms with Crippen LogP contribution in [0.1, 0.15) is 12.3 Å². The molecule has 1 unspecified atom stereocenters. The minimum Gasteiger partial charge on any atom is -0.415 e. The van der Waals surface area contributed by atoms with Crippen LogP contribution in [0, 0.1) is 5.92 Å². The van der Waals surface area contributed by atoms with E-state index in [1.807, 2.05) is 0 Å². The predicted octanol–water partition coefficient (Wildman–Crippen LogP) is 0.657. The Kier molecular flexibility index (Phi) is 3.39. The highest BCUT2D eigenvalue weighted by molar-refractivity contribution is 7.99. The van der Waals surface area contributed by atoms with Gasteiger partial charge in [0.15, 0.2) is 0 Å². The van der Waals surface area contributed by atoms with E-state index in [1.165, 1.54) is 0 Å². The zero-order valence-corrected chi connectivity index (χ0v) is 8.63. The Bertz CT molecular complexity index is 286. The van der Waals surface area contributed by atoms with Gasteiger partial charge in [0.2, 0.25) is 5.89 Å². The third-order valence-corrected chi connectivity index (χ3v) is 3.14. The smallest absolute Gasteiger partial charge is 0.276 e. The molecule has 0 amide bonds. The van der Waals surface area contributed by atoms with Crippen molar-refractivity contribution in [3.63, 3.8) is 0 Å². The van der Waals surface area contributed by atoms with Gasteiger partial charge < -0.3 is 14.9 Å². The predicted molar refractivity (Wildman–Crippen MR) is 51.8 cm³/mol. The molecule has 1 saturated heterocycles. The molecule has 78 valence electrons. The van der Waals surface area contributed by atoms with E-state index in [-0.39, 0.29) is 0 Å². The molecular formula is C8H13N3O2S. The van der Waals surface area contributed by atoms with E-state index >= 15 is 0 Å². The van der Waals surface area contributed by atoms with E-state index in [4.69, 9.17) is 14.9 Å². The van der Waals surface area contributed by atoms with Gasteiger partial charge in [-0.05, 0) is 12.3 Å². The second kappa shape index (κ2) is 4.77. The van der Waals surface area contributed by atoms with Crippen LogP contribution in [0.2, 0.25) is 0 Å². The standard InChI is InChI=1S/C8H13N3O2S/c9-3-7-10-11-8(13-7)14-5-6-1-2-12-4-6/h6H,1-5,9H2. The number of thioether (sulfide) groups is 1. The fourth-order valence-electron chi connectivity index (χ4n) is 1.28. The lowest BCUT2D eigenvalue weighted by Crippen LogP contribution is -2.01. The molecule has 2 heterocycles. The summed E-state index contributed by atoms with van der Waals surface area (Å²) in [5, 5.41) is 8.27. The summed E-state index contributed by atoms with van der Waals surface area (Å²) in [4.78, 5) is 0. The largest absolute Gasteiger partial charge is 0.415 e. The molecule has 5 nitrogen and oxygen atoms in total. The Morgan fingerprint density at radius 1 is 1.50 bits per heavy atom. The summed E-state index contributed by atoms with van der Waals surface area (Å²) in [6, 6.07) is 0. The number of nitrogens with zero attached hydrogens (tertiary/aromatic N) is 2. The van der Waals surface area contributed by atoms with Gasteiger partial charge in [-0.15, -0.1) is 10.2 Å². The normalized spacial score (nSPS) is 21.6. The van der Waals surface area contributed by atoms with E-state index in [1.54, 1.807) is 11.8 Å². The van der Waals surface area contributed by atoms with E-state index < -0.39 is 0 Å². The minimum atomic E-state index is 0.306. The van der Waals surface area contributed by atoms with Crippen LogP contribution in [-0.4, -0.2) is 29.2 Å². The Hall–Kier alpha value is -0.590. The molecule has 0 bridgehead atoms. The summed E-state index contributed by atoms with van der Waals surface area (Å²) >= 11 is 1.58. The van der Waals surface area contributed by atoms with E-state index in [9.17, 15) is 0 Å². The first-order valence-corrected chi connectivity index (χ1v) is 5.60. The van der Waals surface area contributed by atoms with Crippen LogP contribution in [0.15, 0.2) is 9.64 Å². The fourth-order valence-corrected chi connectivity index (χ4v) is 2.18. The molecule has 1 aliphatic rings. The zero-order valence-electron chi connectivity index (χ0n) is 7.81. The van der Waals surface area contributed by atoms with Gasteiger partial charge in [-0.2, -0.15) is 0 Å².